The Morgan fingerprint density at radius 2 is 1.74 bits per heavy atom. The summed E-state index contributed by atoms with van der Waals surface area (Å²) in [4.78, 5) is 26.0. The molecular weight excluding hydrogens is 362 g/mol. The number of hydrogen-bond donors (Lipinski definition) is 0. The van der Waals surface area contributed by atoms with Gasteiger partial charge in [0, 0.05) is 12.6 Å². The molecule has 0 saturated carbocycles. The largest absolute Gasteiger partial charge is 0.463 e. The van der Waals surface area contributed by atoms with Crippen molar-refractivity contribution in [3.05, 3.63) is 12.2 Å². The Labute approximate surface area is 165 Å². The number of nitrogens with zero attached hydrogens (tertiary/aromatic N) is 1. The molecule has 1 heterocycles. The van der Waals surface area contributed by atoms with Gasteiger partial charge in [0.1, 0.15) is 5.60 Å². The van der Waals surface area contributed by atoms with Gasteiger partial charge in [-0.3, -0.25) is 4.90 Å². The maximum absolute atomic E-state index is 12.7. The standard InChI is InChI=1S/C20H37NO5Si/c1-10-24-17(22)12-11-15-13-16(26-27(8,9)20(5,6)7)14-21(15)18(23)25-19(2,3)4/h11-12,15-16H,10,13-14H2,1-9H3/b12-11+/t15-,16-/m1/s1. The van der Waals surface area contributed by atoms with Gasteiger partial charge in [-0.1, -0.05) is 26.8 Å². The van der Waals surface area contributed by atoms with Gasteiger partial charge >= 0.3 is 12.1 Å². The summed E-state index contributed by atoms with van der Waals surface area (Å²) in [6.07, 6.45) is 3.29. The van der Waals surface area contributed by atoms with E-state index in [0.29, 0.717) is 19.6 Å². The number of esters is 1. The molecule has 156 valence electrons. The van der Waals surface area contributed by atoms with E-state index in [9.17, 15) is 9.59 Å². The molecule has 0 aromatic rings. The molecule has 0 spiro atoms. The maximum atomic E-state index is 12.7. The molecule has 7 heteroatoms. The molecule has 0 aromatic heterocycles. The zero-order valence-corrected chi connectivity index (χ0v) is 19.4. The molecule has 1 aliphatic rings. The first-order chi connectivity index (χ1) is 12.2. The van der Waals surface area contributed by atoms with Crippen LogP contribution in [0.1, 0.15) is 54.9 Å². The first-order valence-corrected chi connectivity index (χ1v) is 12.6. The van der Waals surface area contributed by atoms with Gasteiger partial charge in [-0.05, 0) is 52.2 Å². The van der Waals surface area contributed by atoms with Crippen LogP contribution in [-0.2, 0) is 18.7 Å². The summed E-state index contributed by atoms with van der Waals surface area (Å²) < 4.78 is 17.0. The van der Waals surface area contributed by atoms with Crippen molar-refractivity contribution in [2.24, 2.45) is 0 Å². The fourth-order valence-electron chi connectivity index (χ4n) is 2.60. The lowest BCUT2D eigenvalue weighted by atomic mass is 10.2. The van der Waals surface area contributed by atoms with Crippen molar-refractivity contribution in [1.82, 2.24) is 4.90 Å². The van der Waals surface area contributed by atoms with Crippen molar-refractivity contribution in [3.8, 4) is 0 Å². The third-order valence-corrected chi connectivity index (χ3v) is 9.48. The topological polar surface area (TPSA) is 65.1 Å². The summed E-state index contributed by atoms with van der Waals surface area (Å²) in [7, 11) is -1.96. The molecule has 27 heavy (non-hydrogen) atoms. The third-order valence-electron chi connectivity index (χ3n) is 4.94. The Morgan fingerprint density at radius 1 is 1.15 bits per heavy atom. The van der Waals surface area contributed by atoms with E-state index in [1.54, 1.807) is 17.9 Å². The van der Waals surface area contributed by atoms with E-state index in [4.69, 9.17) is 13.9 Å². The average molecular weight is 400 g/mol. The SMILES string of the molecule is CCOC(=O)/C=C/[C@@H]1C[C@@H](O[Si](C)(C)C(C)(C)C)CN1C(=O)OC(C)(C)C. The van der Waals surface area contributed by atoms with E-state index in [-0.39, 0.29) is 23.3 Å². The average Bonchev–Trinajstić information content (AvgIpc) is 2.84. The summed E-state index contributed by atoms with van der Waals surface area (Å²) in [5.41, 5.74) is -0.579. The first kappa shape index (κ1) is 23.7. The molecule has 0 aromatic carbocycles. The van der Waals surface area contributed by atoms with Crippen molar-refractivity contribution in [3.63, 3.8) is 0 Å². The van der Waals surface area contributed by atoms with Gasteiger partial charge in [-0.15, -0.1) is 0 Å². The third kappa shape index (κ3) is 7.29. The van der Waals surface area contributed by atoms with Crippen LogP contribution in [0.4, 0.5) is 4.79 Å². The number of carbonyl (C=O) groups excluding carboxylic acids is 2. The van der Waals surface area contributed by atoms with Gasteiger partial charge in [0.15, 0.2) is 8.32 Å². The Balaban J connectivity index is 2.95. The normalized spacial score (nSPS) is 21.6. The molecule has 0 unspecified atom stereocenters. The number of likely N-dealkylation sites (tertiary alicyclic amines) is 1. The number of ether oxygens (including phenoxy) is 2. The molecule has 2 atom stereocenters. The summed E-state index contributed by atoms with van der Waals surface area (Å²) in [5.74, 6) is -0.407. The van der Waals surface area contributed by atoms with Crippen LogP contribution in [0.25, 0.3) is 0 Å². The van der Waals surface area contributed by atoms with Crippen LogP contribution in [0, 0.1) is 0 Å². The van der Waals surface area contributed by atoms with Crippen LogP contribution < -0.4 is 0 Å². The first-order valence-electron chi connectivity index (χ1n) is 9.68. The Bertz CT molecular complexity index is 560. The molecule has 0 N–H and O–H groups in total. The van der Waals surface area contributed by atoms with Crippen LogP contribution in [0.15, 0.2) is 12.2 Å². The second-order valence-electron chi connectivity index (χ2n) is 9.55. The molecule has 1 fully saturated rings. The fourth-order valence-corrected chi connectivity index (χ4v) is 3.96. The minimum atomic E-state index is -1.96. The zero-order chi connectivity index (χ0) is 21.0. The van der Waals surface area contributed by atoms with E-state index < -0.39 is 19.9 Å². The van der Waals surface area contributed by atoms with Crippen LogP contribution in [0.3, 0.4) is 0 Å². The molecule has 0 bridgehead atoms. The number of amides is 1. The molecule has 0 radical (unpaired) electrons. The van der Waals surface area contributed by atoms with Crippen molar-refractivity contribution in [1.29, 1.82) is 0 Å². The van der Waals surface area contributed by atoms with Gasteiger partial charge in [-0.2, -0.15) is 0 Å². The monoisotopic (exact) mass is 399 g/mol. The second-order valence-corrected chi connectivity index (χ2v) is 14.3. The summed E-state index contributed by atoms with van der Waals surface area (Å²) in [5, 5.41) is 0.0859. The van der Waals surface area contributed by atoms with Crippen molar-refractivity contribution < 1.29 is 23.5 Å². The summed E-state index contributed by atoms with van der Waals surface area (Å²) in [6.45, 7) is 19.0. The lowest BCUT2D eigenvalue weighted by Gasteiger charge is -2.38. The van der Waals surface area contributed by atoms with Crippen LogP contribution in [0.2, 0.25) is 18.1 Å². The van der Waals surface area contributed by atoms with Gasteiger partial charge in [0.05, 0.1) is 18.8 Å². The molecule has 0 aliphatic carbocycles. The van der Waals surface area contributed by atoms with Crippen molar-refractivity contribution in [2.75, 3.05) is 13.2 Å². The predicted molar refractivity (Wildman–Crippen MR) is 109 cm³/mol. The van der Waals surface area contributed by atoms with Gasteiger partial charge < -0.3 is 13.9 Å². The quantitative estimate of drug-likeness (QED) is 0.387. The van der Waals surface area contributed by atoms with Crippen molar-refractivity contribution >= 4 is 20.4 Å². The van der Waals surface area contributed by atoms with Gasteiger partial charge in [0.25, 0.3) is 0 Å². The minimum Gasteiger partial charge on any atom is -0.463 e. The lowest BCUT2D eigenvalue weighted by Crippen LogP contribution is -2.45. The highest BCUT2D eigenvalue weighted by Crippen LogP contribution is 2.39. The highest BCUT2D eigenvalue weighted by molar-refractivity contribution is 6.74. The summed E-state index contributed by atoms with van der Waals surface area (Å²) in [6, 6.07) is -0.251. The number of carbonyl (C=O) groups is 2. The fraction of sp³-hybridized carbons (Fsp3) is 0.800. The van der Waals surface area contributed by atoms with E-state index in [1.807, 2.05) is 20.8 Å². The highest BCUT2D eigenvalue weighted by atomic mass is 28.4. The zero-order valence-electron chi connectivity index (χ0n) is 18.4. The van der Waals surface area contributed by atoms with Crippen molar-refractivity contribution in [2.45, 2.75) is 90.8 Å². The van der Waals surface area contributed by atoms with Gasteiger partial charge in [0.2, 0.25) is 0 Å². The Kier molecular flexibility index (Phi) is 7.70. The van der Waals surface area contributed by atoms with E-state index >= 15 is 0 Å². The number of rotatable bonds is 5. The van der Waals surface area contributed by atoms with E-state index in [2.05, 4.69) is 33.9 Å². The van der Waals surface area contributed by atoms with E-state index in [0.717, 1.165) is 0 Å². The molecule has 1 saturated heterocycles. The van der Waals surface area contributed by atoms with E-state index in [1.165, 1.54) is 6.08 Å². The predicted octanol–water partition coefficient (Wildman–Crippen LogP) is 4.51. The highest BCUT2D eigenvalue weighted by Gasteiger charge is 2.43. The molecule has 1 amide bonds. The smallest absolute Gasteiger partial charge is 0.410 e. The Morgan fingerprint density at radius 3 is 2.22 bits per heavy atom. The second kappa shape index (κ2) is 8.77. The van der Waals surface area contributed by atoms with Gasteiger partial charge in [-0.25, -0.2) is 9.59 Å². The van der Waals surface area contributed by atoms with Crippen LogP contribution in [0.5, 0.6) is 0 Å². The maximum Gasteiger partial charge on any atom is 0.410 e. The Hall–Kier alpha value is -1.34. The molecular formula is C20H37NO5Si. The molecule has 1 aliphatic heterocycles. The lowest BCUT2D eigenvalue weighted by molar-refractivity contribution is -0.137. The minimum absolute atomic E-state index is 0.0738. The van der Waals surface area contributed by atoms with Crippen LogP contribution in [-0.4, -0.2) is 56.2 Å². The number of hydrogen-bond acceptors (Lipinski definition) is 5. The summed E-state index contributed by atoms with van der Waals surface area (Å²) >= 11 is 0. The molecule has 6 nitrogen and oxygen atoms in total. The van der Waals surface area contributed by atoms with Crippen LogP contribution >= 0.6 is 0 Å². The molecule has 1 rings (SSSR count).